The molecule has 6 heteroatoms. The molecule has 2 aromatic rings. The van der Waals surface area contributed by atoms with Crippen molar-refractivity contribution in [2.75, 3.05) is 19.5 Å². The molecule has 96 valence electrons. The van der Waals surface area contributed by atoms with Crippen LogP contribution >= 0.6 is 0 Å². The lowest BCUT2D eigenvalue weighted by molar-refractivity contribution is 0.395. The quantitative estimate of drug-likeness (QED) is 0.902. The van der Waals surface area contributed by atoms with Crippen LogP contribution in [0.4, 0.5) is 11.5 Å². The summed E-state index contributed by atoms with van der Waals surface area (Å²) < 4.78 is 10.4. The molecule has 0 amide bonds. The van der Waals surface area contributed by atoms with E-state index in [2.05, 4.69) is 15.3 Å². The standard InChI is InChI=1S/C13H12N4O2/c1-18-9-3-4-10(12(7-9)19-2)17-13-11(8-14)15-5-6-16-13/h3-7H,1-2H3,(H,16,17). The van der Waals surface area contributed by atoms with Crippen molar-refractivity contribution >= 4 is 11.5 Å². The zero-order valence-electron chi connectivity index (χ0n) is 10.5. The first-order chi connectivity index (χ1) is 9.28. The summed E-state index contributed by atoms with van der Waals surface area (Å²) in [6, 6.07) is 7.29. The van der Waals surface area contributed by atoms with Gasteiger partial charge in [0.1, 0.15) is 17.6 Å². The second kappa shape index (κ2) is 5.69. The lowest BCUT2D eigenvalue weighted by Crippen LogP contribution is -2.00. The van der Waals surface area contributed by atoms with Gasteiger partial charge >= 0.3 is 0 Å². The van der Waals surface area contributed by atoms with Gasteiger partial charge < -0.3 is 14.8 Å². The molecule has 0 spiro atoms. The lowest BCUT2D eigenvalue weighted by Gasteiger charge is -2.12. The van der Waals surface area contributed by atoms with Crippen LogP contribution in [-0.4, -0.2) is 24.2 Å². The van der Waals surface area contributed by atoms with Gasteiger partial charge in [-0.2, -0.15) is 5.26 Å². The van der Waals surface area contributed by atoms with Crippen molar-refractivity contribution in [3.8, 4) is 17.6 Å². The number of aromatic nitrogens is 2. The summed E-state index contributed by atoms with van der Waals surface area (Å²) in [5.41, 5.74) is 0.903. The van der Waals surface area contributed by atoms with Crippen molar-refractivity contribution in [3.05, 3.63) is 36.3 Å². The highest BCUT2D eigenvalue weighted by Gasteiger charge is 2.09. The summed E-state index contributed by atoms with van der Waals surface area (Å²) >= 11 is 0. The molecule has 1 aromatic carbocycles. The Hall–Kier alpha value is -2.81. The molecule has 0 aliphatic rings. The van der Waals surface area contributed by atoms with Gasteiger partial charge in [-0.1, -0.05) is 0 Å². The lowest BCUT2D eigenvalue weighted by atomic mass is 10.2. The molecule has 6 nitrogen and oxygen atoms in total. The fourth-order valence-electron chi connectivity index (χ4n) is 1.54. The predicted octanol–water partition coefficient (Wildman–Crippen LogP) is 2.11. The average Bonchev–Trinajstić information content (AvgIpc) is 2.48. The number of benzene rings is 1. The number of nitriles is 1. The van der Waals surface area contributed by atoms with Crippen molar-refractivity contribution in [3.63, 3.8) is 0 Å². The van der Waals surface area contributed by atoms with Crippen LogP contribution in [0, 0.1) is 11.3 Å². The molecule has 0 saturated heterocycles. The van der Waals surface area contributed by atoms with E-state index in [-0.39, 0.29) is 5.69 Å². The minimum absolute atomic E-state index is 0.223. The van der Waals surface area contributed by atoms with Gasteiger partial charge in [0.05, 0.1) is 19.9 Å². The normalized spacial score (nSPS) is 9.53. The highest BCUT2D eigenvalue weighted by atomic mass is 16.5. The van der Waals surface area contributed by atoms with Crippen LogP contribution in [0.5, 0.6) is 11.5 Å². The van der Waals surface area contributed by atoms with E-state index in [4.69, 9.17) is 14.7 Å². The second-order valence-electron chi connectivity index (χ2n) is 3.56. The van der Waals surface area contributed by atoms with Crippen LogP contribution in [-0.2, 0) is 0 Å². The number of methoxy groups -OCH3 is 2. The topological polar surface area (TPSA) is 80.1 Å². The van der Waals surface area contributed by atoms with Gasteiger partial charge in [0.15, 0.2) is 11.5 Å². The molecular weight excluding hydrogens is 244 g/mol. The highest BCUT2D eigenvalue weighted by Crippen LogP contribution is 2.31. The van der Waals surface area contributed by atoms with Crippen molar-refractivity contribution in [2.24, 2.45) is 0 Å². The number of nitrogens with zero attached hydrogens (tertiary/aromatic N) is 3. The number of hydrogen-bond donors (Lipinski definition) is 1. The summed E-state index contributed by atoms with van der Waals surface area (Å²) in [7, 11) is 3.14. The molecule has 0 bridgehead atoms. The van der Waals surface area contributed by atoms with E-state index in [1.165, 1.54) is 12.4 Å². The Kier molecular flexibility index (Phi) is 3.78. The minimum atomic E-state index is 0.223. The third-order valence-corrected chi connectivity index (χ3v) is 2.47. The summed E-state index contributed by atoms with van der Waals surface area (Å²) in [4.78, 5) is 8.01. The largest absolute Gasteiger partial charge is 0.497 e. The predicted molar refractivity (Wildman–Crippen MR) is 69.6 cm³/mol. The fraction of sp³-hybridized carbons (Fsp3) is 0.154. The van der Waals surface area contributed by atoms with E-state index < -0.39 is 0 Å². The summed E-state index contributed by atoms with van der Waals surface area (Å²) in [5.74, 6) is 1.66. The van der Waals surface area contributed by atoms with Crippen molar-refractivity contribution in [2.45, 2.75) is 0 Å². The monoisotopic (exact) mass is 256 g/mol. The minimum Gasteiger partial charge on any atom is -0.497 e. The zero-order chi connectivity index (χ0) is 13.7. The number of rotatable bonds is 4. The van der Waals surface area contributed by atoms with E-state index >= 15 is 0 Å². The van der Waals surface area contributed by atoms with Crippen LogP contribution in [0.15, 0.2) is 30.6 Å². The Morgan fingerprint density at radius 2 is 1.95 bits per heavy atom. The smallest absolute Gasteiger partial charge is 0.183 e. The number of nitrogens with one attached hydrogen (secondary N) is 1. The first kappa shape index (κ1) is 12.6. The molecule has 2 rings (SSSR count). The molecule has 0 saturated carbocycles. The van der Waals surface area contributed by atoms with Crippen LogP contribution in [0.1, 0.15) is 5.69 Å². The Balaban J connectivity index is 2.36. The molecule has 0 aliphatic carbocycles. The van der Waals surface area contributed by atoms with Gasteiger partial charge in [-0.05, 0) is 12.1 Å². The maximum Gasteiger partial charge on any atom is 0.183 e. The summed E-state index contributed by atoms with van der Waals surface area (Å²) in [6.07, 6.45) is 2.98. The first-order valence-electron chi connectivity index (χ1n) is 5.48. The molecule has 0 aliphatic heterocycles. The van der Waals surface area contributed by atoms with E-state index in [1.807, 2.05) is 6.07 Å². The number of hydrogen-bond acceptors (Lipinski definition) is 6. The van der Waals surface area contributed by atoms with Gasteiger partial charge in [0.25, 0.3) is 0 Å². The summed E-state index contributed by atoms with van der Waals surface area (Å²) in [5, 5.41) is 12.0. The van der Waals surface area contributed by atoms with Gasteiger partial charge in [0, 0.05) is 18.5 Å². The molecule has 19 heavy (non-hydrogen) atoms. The first-order valence-corrected chi connectivity index (χ1v) is 5.48. The molecule has 0 fully saturated rings. The maximum absolute atomic E-state index is 8.96. The molecule has 1 N–H and O–H groups in total. The Morgan fingerprint density at radius 1 is 1.16 bits per heavy atom. The van der Waals surface area contributed by atoms with Crippen LogP contribution in [0.25, 0.3) is 0 Å². The molecule has 0 unspecified atom stereocenters. The van der Waals surface area contributed by atoms with Crippen LogP contribution in [0.2, 0.25) is 0 Å². The van der Waals surface area contributed by atoms with Crippen LogP contribution < -0.4 is 14.8 Å². The Bertz CT molecular complexity index is 622. The SMILES string of the molecule is COc1ccc(Nc2nccnc2C#N)c(OC)c1. The van der Waals surface area contributed by atoms with Gasteiger partial charge in [-0.15, -0.1) is 0 Å². The molecular formula is C13H12N4O2. The van der Waals surface area contributed by atoms with E-state index in [0.717, 1.165) is 0 Å². The third kappa shape index (κ3) is 2.72. The van der Waals surface area contributed by atoms with Crippen molar-refractivity contribution in [1.82, 2.24) is 9.97 Å². The second-order valence-corrected chi connectivity index (χ2v) is 3.56. The van der Waals surface area contributed by atoms with E-state index in [1.54, 1.807) is 32.4 Å². The molecule has 1 aromatic heterocycles. The van der Waals surface area contributed by atoms with Crippen LogP contribution in [0.3, 0.4) is 0 Å². The third-order valence-electron chi connectivity index (χ3n) is 2.47. The number of ether oxygens (including phenoxy) is 2. The molecule has 0 radical (unpaired) electrons. The molecule has 1 heterocycles. The number of anilines is 2. The average molecular weight is 256 g/mol. The van der Waals surface area contributed by atoms with E-state index in [0.29, 0.717) is 23.0 Å². The highest BCUT2D eigenvalue weighted by molar-refractivity contribution is 5.67. The van der Waals surface area contributed by atoms with Gasteiger partial charge in [0.2, 0.25) is 0 Å². The van der Waals surface area contributed by atoms with Gasteiger partial charge in [-0.25, -0.2) is 9.97 Å². The summed E-state index contributed by atoms with van der Waals surface area (Å²) in [6.45, 7) is 0. The molecule has 0 atom stereocenters. The Labute approximate surface area is 110 Å². The fourth-order valence-corrected chi connectivity index (χ4v) is 1.54. The van der Waals surface area contributed by atoms with Gasteiger partial charge in [-0.3, -0.25) is 0 Å². The van der Waals surface area contributed by atoms with E-state index in [9.17, 15) is 0 Å². The zero-order valence-corrected chi connectivity index (χ0v) is 10.5. The Morgan fingerprint density at radius 3 is 2.63 bits per heavy atom. The van der Waals surface area contributed by atoms with Crippen molar-refractivity contribution < 1.29 is 9.47 Å². The maximum atomic E-state index is 8.96. The van der Waals surface area contributed by atoms with Crippen molar-refractivity contribution in [1.29, 1.82) is 5.26 Å².